The Morgan fingerprint density at radius 3 is 2.58 bits per heavy atom. The summed E-state index contributed by atoms with van der Waals surface area (Å²) in [4.78, 5) is 0. The monoisotopic (exact) mass is 287 g/mol. The van der Waals surface area contributed by atoms with E-state index in [1.807, 2.05) is 0 Å². The molecule has 1 saturated heterocycles. The largest absolute Gasteiger partial charge is 0.376 e. The fourth-order valence-corrected chi connectivity index (χ4v) is 4.84. The lowest BCUT2D eigenvalue weighted by Gasteiger charge is -2.32. The summed E-state index contributed by atoms with van der Waals surface area (Å²) in [7, 11) is -2.88. The van der Waals surface area contributed by atoms with Gasteiger partial charge in [0.1, 0.15) is 9.84 Å². The molecule has 4 nitrogen and oxygen atoms in total. The molecule has 4 atom stereocenters. The first-order valence-electron chi connectivity index (χ1n) is 7.60. The van der Waals surface area contributed by atoms with E-state index in [1.54, 1.807) is 0 Å². The van der Waals surface area contributed by atoms with Gasteiger partial charge in [-0.05, 0) is 44.4 Å². The molecule has 1 aliphatic heterocycles. The summed E-state index contributed by atoms with van der Waals surface area (Å²) >= 11 is 0. The molecule has 4 unspecified atom stereocenters. The Labute approximate surface area is 116 Å². The molecule has 5 heteroatoms. The van der Waals surface area contributed by atoms with Crippen LogP contribution in [0.2, 0.25) is 0 Å². The smallest absolute Gasteiger partial charge is 0.150 e. The molecule has 0 radical (unpaired) electrons. The molecule has 1 N–H and O–H groups in total. The summed E-state index contributed by atoms with van der Waals surface area (Å²) in [5, 5.41) is 3.56. The highest BCUT2D eigenvalue weighted by atomic mass is 32.2. The first-order valence-corrected chi connectivity index (χ1v) is 9.56. The third-order valence-corrected chi connectivity index (χ3v) is 6.54. The summed E-state index contributed by atoms with van der Waals surface area (Å²) in [5.41, 5.74) is 0. The van der Waals surface area contributed by atoms with Crippen LogP contribution in [0.5, 0.6) is 0 Å². The SMILES string of the molecule is CS(=O)(=O)C1CCCC(NC2CCOC2C2CC2)C1. The van der Waals surface area contributed by atoms with Crippen LogP contribution >= 0.6 is 0 Å². The predicted molar refractivity (Wildman–Crippen MR) is 74.9 cm³/mol. The zero-order valence-electron chi connectivity index (χ0n) is 11.7. The minimum atomic E-state index is -2.88. The van der Waals surface area contributed by atoms with E-state index in [0.29, 0.717) is 18.2 Å². The third kappa shape index (κ3) is 3.31. The summed E-state index contributed by atoms with van der Waals surface area (Å²) in [6, 6.07) is 0.817. The Hall–Kier alpha value is -0.130. The highest BCUT2D eigenvalue weighted by Gasteiger charge is 2.41. The highest BCUT2D eigenvalue weighted by molar-refractivity contribution is 7.91. The van der Waals surface area contributed by atoms with Gasteiger partial charge in [0, 0.05) is 24.9 Å². The molecule has 3 aliphatic rings. The molecule has 0 bridgehead atoms. The van der Waals surface area contributed by atoms with Crippen molar-refractivity contribution >= 4 is 9.84 Å². The Morgan fingerprint density at radius 2 is 1.89 bits per heavy atom. The van der Waals surface area contributed by atoms with Crippen LogP contribution in [0.3, 0.4) is 0 Å². The Morgan fingerprint density at radius 1 is 1.11 bits per heavy atom. The van der Waals surface area contributed by atoms with Crippen molar-refractivity contribution in [2.45, 2.75) is 68.4 Å². The minimum Gasteiger partial charge on any atom is -0.376 e. The van der Waals surface area contributed by atoms with Gasteiger partial charge in [-0.15, -0.1) is 0 Å². The van der Waals surface area contributed by atoms with Gasteiger partial charge in [-0.1, -0.05) is 6.42 Å². The lowest BCUT2D eigenvalue weighted by Crippen LogP contribution is -2.47. The van der Waals surface area contributed by atoms with Crippen LogP contribution < -0.4 is 5.32 Å². The van der Waals surface area contributed by atoms with Crippen molar-refractivity contribution in [1.29, 1.82) is 0 Å². The molecule has 3 rings (SSSR count). The van der Waals surface area contributed by atoms with Gasteiger partial charge in [0.15, 0.2) is 0 Å². The lowest BCUT2D eigenvalue weighted by molar-refractivity contribution is 0.0776. The molecule has 1 heterocycles. The van der Waals surface area contributed by atoms with E-state index < -0.39 is 9.84 Å². The first kappa shape index (κ1) is 13.8. The van der Waals surface area contributed by atoms with Crippen LogP contribution in [0, 0.1) is 5.92 Å². The van der Waals surface area contributed by atoms with E-state index >= 15 is 0 Å². The van der Waals surface area contributed by atoms with Gasteiger partial charge in [0.2, 0.25) is 0 Å². The molecule has 0 aromatic rings. The van der Waals surface area contributed by atoms with E-state index in [-0.39, 0.29) is 5.25 Å². The Balaban J connectivity index is 1.57. The first-order chi connectivity index (χ1) is 9.04. The van der Waals surface area contributed by atoms with Crippen LogP contribution in [0.4, 0.5) is 0 Å². The summed E-state index contributed by atoms with van der Waals surface area (Å²) < 4.78 is 29.2. The van der Waals surface area contributed by atoms with Crippen molar-refractivity contribution < 1.29 is 13.2 Å². The fraction of sp³-hybridized carbons (Fsp3) is 1.00. The molecule has 2 aliphatic carbocycles. The molecule has 110 valence electrons. The maximum absolute atomic E-state index is 11.7. The summed E-state index contributed by atoms with van der Waals surface area (Å²) in [6.07, 6.45) is 9.22. The molecule has 0 aromatic heterocycles. The van der Waals surface area contributed by atoms with E-state index in [9.17, 15) is 8.42 Å². The van der Waals surface area contributed by atoms with Gasteiger partial charge in [0.25, 0.3) is 0 Å². The van der Waals surface area contributed by atoms with Gasteiger partial charge in [-0.2, -0.15) is 0 Å². The van der Waals surface area contributed by atoms with Gasteiger partial charge >= 0.3 is 0 Å². The van der Waals surface area contributed by atoms with E-state index in [0.717, 1.165) is 44.6 Å². The van der Waals surface area contributed by atoms with Crippen molar-refractivity contribution in [2.24, 2.45) is 5.92 Å². The molecular formula is C14H25NO3S. The molecule has 0 amide bonds. The van der Waals surface area contributed by atoms with E-state index in [2.05, 4.69) is 5.32 Å². The van der Waals surface area contributed by atoms with Gasteiger partial charge < -0.3 is 10.1 Å². The van der Waals surface area contributed by atoms with E-state index in [4.69, 9.17) is 4.74 Å². The van der Waals surface area contributed by atoms with Crippen molar-refractivity contribution in [1.82, 2.24) is 5.32 Å². The second kappa shape index (κ2) is 5.34. The van der Waals surface area contributed by atoms with Crippen molar-refractivity contribution in [2.75, 3.05) is 12.9 Å². The number of hydrogen-bond donors (Lipinski definition) is 1. The molecule has 19 heavy (non-hydrogen) atoms. The second-order valence-corrected chi connectivity index (χ2v) is 8.88. The maximum atomic E-state index is 11.7. The van der Waals surface area contributed by atoms with E-state index in [1.165, 1.54) is 19.1 Å². The van der Waals surface area contributed by atoms with Gasteiger partial charge in [0.05, 0.1) is 11.4 Å². The minimum absolute atomic E-state index is 0.138. The molecular weight excluding hydrogens is 262 g/mol. The van der Waals surface area contributed by atoms with Crippen LogP contribution in [-0.2, 0) is 14.6 Å². The number of nitrogens with one attached hydrogen (secondary N) is 1. The average Bonchev–Trinajstić information content (AvgIpc) is 3.10. The number of sulfone groups is 1. The molecule has 0 aromatic carbocycles. The normalized spacial score (nSPS) is 40.5. The highest BCUT2D eigenvalue weighted by Crippen LogP contribution is 2.39. The average molecular weight is 287 g/mol. The standard InChI is InChI=1S/C14H25NO3S/c1-19(16,17)12-4-2-3-11(9-12)15-13-7-8-18-14(13)10-5-6-10/h10-15H,2-9H2,1H3. The Bertz CT molecular complexity index is 418. The predicted octanol–water partition coefficient (Wildman–Crippen LogP) is 1.50. The molecule has 2 saturated carbocycles. The second-order valence-electron chi connectivity index (χ2n) is 6.55. The van der Waals surface area contributed by atoms with Gasteiger partial charge in [-0.3, -0.25) is 0 Å². The Kier molecular flexibility index (Phi) is 3.89. The third-order valence-electron chi connectivity index (χ3n) is 4.90. The van der Waals surface area contributed by atoms with Gasteiger partial charge in [-0.25, -0.2) is 8.42 Å². The van der Waals surface area contributed by atoms with Crippen LogP contribution in [0.15, 0.2) is 0 Å². The summed E-state index contributed by atoms with van der Waals surface area (Å²) in [6.45, 7) is 0.862. The van der Waals surface area contributed by atoms with Crippen LogP contribution in [0.1, 0.15) is 44.9 Å². The quantitative estimate of drug-likeness (QED) is 0.851. The van der Waals surface area contributed by atoms with Crippen LogP contribution in [-0.4, -0.2) is 44.7 Å². The topological polar surface area (TPSA) is 55.4 Å². The number of hydrogen-bond acceptors (Lipinski definition) is 4. The maximum Gasteiger partial charge on any atom is 0.150 e. The molecule has 3 fully saturated rings. The number of rotatable bonds is 4. The lowest BCUT2D eigenvalue weighted by atomic mass is 9.93. The summed E-state index contributed by atoms with van der Waals surface area (Å²) in [5.74, 6) is 0.759. The number of ether oxygens (including phenoxy) is 1. The zero-order chi connectivity index (χ0) is 13.5. The van der Waals surface area contributed by atoms with Crippen molar-refractivity contribution in [3.63, 3.8) is 0 Å². The zero-order valence-corrected chi connectivity index (χ0v) is 12.5. The fourth-order valence-electron chi connectivity index (χ4n) is 3.67. The van der Waals surface area contributed by atoms with Crippen LogP contribution in [0.25, 0.3) is 0 Å². The molecule has 0 spiro atoms. The van der Waals surface area contributed by atoms with Crippen molar-refractivity contribution in [3.8, 4) is 0 Å². The van der Waals surface area contributed by atoms with Crippen molar-refractivity contribution in [3.05, 3.63) is 0 Å².